The normalized spacial score (nSPS) is 8.58. The van der Waals surface area contributed by atoms with Gasteiger partial charge in [-0.05, 0) is 25.0 Å². The predicted octanol–water partition coefficient (Wildman–Crippen LogP) is 2.29. The summed E-state index contributed by atoms with van der Waals surface area (Å²) in [5.74, 6) is -0.0846. The van der Waals surface area contributed by atoms with Crippen molar-refractivity contribution in [1.29, 1.82) is 0 Å². The summed E-state index contributed by atoms with van der Waals surface area (Å²) < 4.78 is 23.2. The zero-order valence-electron chi connectivity index (χ0n) is 16.8. The van der Waals surface area contributed by atoms with Gasteiger partial charge < -0.3 is 26.2 Å². The second kappa shape index (κ2) is 18.6. The molecular weight excluding hydrogens is 339 g/mol. The Hall–Kier alpha value is -1.18. The predicted molar refractivity (Wildman–Crippen MR) is 108 cm³/mol. The first-order valence-corrected chi connectivity index (χ1v) is 9.40. The summed E-state index contributed by atoms with van der Waals surface area (Å²) >= 11 is 0. The van der Waals surface area contributed by atoms with Crippen LogP contribution in [0.1, 0.15) is 30.5 Å². The van der Waals surface area contributed by atoms with E-state index in [0.29, 0.717) is 4.90 Å². The fraction of sp³-hybridized carbons (Fsp3) is 0.238. The largest absolute Gasteiger partial charge is 1.00 e. The third-order valence-electron chi connectivity index (χ3n) is 2.83. The van der Waals surface area contributed by atoms with Gasteiger partial charge >= 0.3 is 18.9 Å². The van der Waals surface area contributed by atoms with Gasteiger partial charge in [-0.15, -0.1) is 12.1 Å². The average Bonchev–Trinajstić information content (AvgIpc) is 2.59. The molecular formula is C21H31LiO3S-4. The Kier molecular flexibility index (Phi) is 23.2. The van der Waals surface area contributed by atoms with Crippen molar-refractivity contribution in [2.45, 2.75) is 32.6 Å². The summed E-state index contributed by atoms with van der Waals surface area (Å²) in [6, 6.07) is 15.3. The molecule has 0 aliphatic heterocycles. The minimum Gasteiger partial charge on any atom is -0.870 e. The summed E-state index contributed by atoms with van der Waals surface area (Å²) in [5.41, 5.74) is 2.66. The maximum Gasteiger partial charge on any atom is 1.00 e. The van der Waals surface area contributed by atoms with Crippen LogP contribution in [0.3, 0.4) is 0 Å². The molecule has 0 radical (unpaired) electrons. The molecule has 0 heterocycles. The van der Waals surface area contributed by atoms with E-state index in [9.17, 15) is 8.42 Å². The molecule has 0 bridgehead atoms. The van der Waals surface area contributed by atoms with Gasteiger partial charge in [-0.2, -0.15) is 38.5 Å². The van der Waals surface area contributed by atoms with E-state index in [4.69, 9.17) is 0 Å². The molecule has 0 atom stereocenters. The molecule has 26 heavy (non-hydrogen) atoms. The summed E-state index contributed by atoms with van der Waals surface area (Å²) in [7, 11) is -3.17. The molecule has 144 valence electrons. The van der Waals surface area contributed by atoms with Gasteiger partial charge in [0.15, 0.2) is 9.84 Å². The Bertz CT molecular complexity index is 634. The number of rotatable bonds is 2. The van der Waals surface area contributed by atoms with Crippen LogP contribution in [-0.2, 0) is 9.84 Å². The van der Waals surface area contributed by atoms with E-state index in [1.54, 1.807) is 39.8 Å². The zero-order valence-corrected chi connectivity index (χ0v) is 17.6. The van der Waals surface area contributed by atoms with E-state index in [1.165, 1.54) is 0 Å². The topological polar surface area (TPSA) is 64.1 Å². The molecule has 0 amide bonds. The van der Waals surface area contributed by atoms with E-state index in [2.05, 4.69) is 27.7 Å². The summed E-state index contributed by atoms with van der Waals surface area (Å²) in [6.45, 7) is 20.8. The second-order valence-electron chi connectivity index (χ2n) is 4.53. The maximum absolute atomic E-state index is 11.6. The number of aryl methyl sites for hydroxylation is 2. The maximum atomic E-state index is 11.6. The first kappa shape index (κ1) is 32.5. The smallest absolute Gasteiger partial charge is 0.870 e. The van der Waals surface area contributed by atoms with Gasteiger partial charge in [0, 0.05) is 0 Å². The molecule has 1 N–H and O–H groups in total. The van der Waals surface area contributed by atoms with E-state index in [-0.39, 0.29) is 30.1 Å². The Balaban J connectivity index is -0.000000160. The van der Waals surface area contributed by atoms with Crippen LogP contribution in [0.5, 0.6) is 0 Å². The molecule has 0 aliphatic rings. The van der Waals surface area contributed by atoms with Crippen LogP contribution in [0.25, 0.3) is 0 Å². The van der Waals surface area contributed by atoms with Crippen LogP contribution >= 0.6 is 0 Å². The first-order valence-electron chi connectivity index (χ1n) is 7.75. The van der Waals surface area contributed by atoms with Crippen LogP contribution in [0.15, 0.2) is 53.4 Å². The number of benzene rings is 2. The fourth-order valence-corrected chi connectivity index (χ4v) is 3.19. The van der Waals surface area contributed by atoms with Crippen molar-refractivity contribution in [2.75, 3.05) is 5.75 Å². The molecule has 5 heteroatoms. The molecule has 0 unspecified atom stereocenters. The van der Waals surface area contributed by atoms with E-state index in [0.717, 1.165) is 16.7 Å². The molecule has 2 aromatic carbocycles. The molecule has 0 aliphatic carbocycles. The molecule has 0 saturated heterocycles. The van der Waals surface area contributed by atoms with Gasteiger partial charge in [0.2, 0.25) is 0 Å². The quantitative estimate of drug-likeness (QED) is 0.602. The van der Waals surface area contributed by atoms with Gasteiger partial charge in [-0.3, -0.25) is 0 Å². The third kappa shape index (κ3) is 12.2. The van der Waals surface area contributed by atoms with Crippen LogP contribution in [0.4, 0.5) is 0 Å². The molecule has 3 nitrogen and oxygen atoms in total. The van der Waals surface area contributed by atoms with Gasteiger partial charge in [0.25, 0.3) is 0 Å². The first-order chi connectivity index (χ1) is 11.4. The van der Waals surface area contributed by atoms with Crippen molar-refractivity contribution in [2.24, 2.45) is 0 Å². The molecule has 0 saturated carbocycles. The molecule has 0 fully saturated rings. The number of hydrogen-bond acceptors (Lipinski definition) is 3. The standard InChI is InChI=1S/C10H13O2S.C7H7.2C2H5.Li.H2O/c1-4-13(11,12)10-8(2)6-5-7-9(10)3;1-7-5-3-2-4-6-7;2*1-2;;/h5-7H,1,4H2,2-3H3;2-6H,1H2;2*1H2,2H3;;1H2/q4*-1;+1;/p-1. The van der Waals surface area contributed by atoms with Crippen molar-refractivity contribution < 1.29 is 32.8 Å². The van der Waals surface area contributed by atoms with E-state index in [1.807, 2.05) is 36.4 Å². The van der Waals surface area contributed by atoms with Gasteiger partial charge in [0.05, 0.1) is 4.90 Å². The van der Waals surface area contributed by atoms with Crippen molar-refractivity contribution >= 4 is 9.84 Å². The summed E-state index contributed by atoms with van der Waals surface area (Å²) in [6.07, 6.45) is 0. The second-order valence-corrected chi connectivity index (χ2v) is 6.57. The number of sulfone groups is 1. The molecule has 2 aromatic rings. The van der Waals surface area contributed by atoms with Crippen molar-refractivity contribution in [3.8, 4) is 0 Å². The zero-order chi connectivity index (χ0) is 19.2. The van der Waals surface area contributed by atoms with Crippen molar-refractivity contribution in [1.82, 2.24) is 0 Å². The monoisotopic (exact) mass is 370 g/mol. The van der Waals surface area contributed by atoms with Crippen LogP contribution in [0.2, 0.25) is 0 Å². The molecule has 0 aromatic heterocycles. The third-order valence-corrected chi connectivity index (χ3v) is 4.63. The van der Waals surface area contributed by atoms with Gasteiger partial charge in [-0.1, -0.05) is 30.0 Å². The SMILES string of the molecule is [CH2-]C.[CH2-]C.[CH2-]CS(=O)(=O)c1c(C)cccc1C.[CH2-]c1ccccc1.[Li+].[OH-]. The van der Waals surface area contributed by atoms with Crippen molar-refractivity contribution in [3.05, 3.63) is 92.9 Å². The molecule has 2 rings (SSSR count). The van der Waals surface area contributed by atoms with Gasteiger partial charge in [-0.25, -0.2) is 8.42 Å². The average molecular weight is 370 g/mol. The summed E-state index contributed by atoms with van der Waals surface area (Å²) in [4.78, 5) is 0.435. The van der Waals surface area contributed by atoms with Gasteiger partial charge in [0.1, 0.15) is 0 Å². The van der Waals surface area contributed by atoms with Crippen LogP contribution in [0, 0.1) is 41.5 Å². The minimum absolute atomic E-state index is 0. The Morgan fingerprint density at radius 2 is 1.19 bits per heavy atom. The van der Waals surface area contributed by atoms with E-state index >= 15 is 0 Å². The Morgan fingerprint density at radius 1 is 0.808 bits per heavy atom. The van der Waals surface area contributed by atoms with Crippen LogP contribution < -0.4 is 18.9 Å². The van der Waals surface area contributed by atoms with Crippen molar-refractivity contribution in [3.63, 3.8) is 0 Å². The summed E-state index contributed by atoms with van der Waals surface area (Å²) in [5, 5.41) is 0. The fourth-order valence-electron chi connectivity index (χ4n) is 1.87. The van der Waals surface area contributed by atoms with E-state index < -0.39 is 9.84 Å². The number of hydrogen-bond donors (Lipinski definition) is 0. The Morgan fingerprint density at radius 3 is 1.46 bits per heavy atom. The molecule has 0 spiro atoms. The van der Waals surface area contributed by atoms with Crippen LogP contribution in [-0.4, -0.2) is 19.6 Å². The Labute approximate surface area is 173 Å². The minimum atomic E-state index is -3.17.